The molecule has 0 N–H and O–H groups in total. The summed E-state index contributed by atoms with van der Waals surface area (Å²) in [7, 11) is 3.25. The standard InChI is InChI=1S/C21H21N3O3/c1-26-19-10-15-8-9-23(13-16(15)11-20(19)27-2)21(25)17-12-22-24(14-17)18-6-4-3-5-7-18/h3-7,10-12,14H,8-9,13H2,1-2H3. The molecule has 0 radical (unpaired) electrons. The number of amides is 1. The number of para-hydroxylation sites is 1. The van der Waals surface area contributed by atoms with Gasteiger partial charge < -0.3 is 14.4 Å². The van der Waals surface area contributed by atoms with E-state index in [-0.39, 0.29) is 5.91 Å². The van der Waals surface area contributed by atoms with E-state index in [1.54, 1.807) is 31.3 Å². The number of nitrogens with zero attached hydrogens (tertiary/aromatic N) is 3. The lowest BCUT2D eigenvalue weighted by atomic mass is 9.98. The Balaban J connectivity index is 1.55. The molecule has 27 heavy (non-hydrogen) atoms. The van der Waals surface area contributed by atoms with Crippen LogP contribution in [0.5, 0.6) is 11.5 Å². The van der Waals surface area contributed by atoms with Gasteiger partial charge >= 0.3 is 0 Å². The van der Waals surface area contributed by atoms with Gasteiger partial charge in [-0.1, -0.05) is 18.2 Å². The monoisotopic (exact) mass is 363 g/mol. The van der Waals surface area contributed by atoms with Crippen molar-refractivity contribution in [2.24, 2.45) is 0 Å². The van der Waals surface area contributed by atoms with E-state index in [4.69, 9.17) is 9.47 Å². The molecule has 0 saturated carbocycles. The molecular weight excluding hydrogens is 342 g/mol. The summed E-state index contributed by atoms with van der Waals surface area (Å²) in [5.41, 5.74) is 3.79. The number of ether oxygens (including phenoxy) is 2. The van der Waals surface area contributed by atoms with Gasteiger partial charge in [-0.25, -0.2) is 4.68 Å². The molecule has 0 saturated heterocycles. The molecule has 2 heterocycles. The van der Waals surface area contributed by atoms with Gasteiger partial charge in [-0.05, 0) is 41.8 Å². The van der Waals surface area contributed by atoms with E-state index in [0.29, 0.717) is 24.4 Å². The second-order valence-electron chi connectivity index (χ2n) is 6.46. The zero-order valence-electron chi connectivity index (χ0n) is 15.4. The second kappa shape index (κ2) is 7.15. The Kier molecular flexibility index (Phi) is 4.54. The van der Waals surface area contributed by atoms with E-state index in [2.05, 4.69) is 5.10 Å². The summed E-state index contributed by atoms with van der Waals surface area (Å²) in [5, 5.41) is 4.33. The normalized spacial score (nSPS) is 13.2. The fourth-order valence-corrected chi connectivity index (χ4v) is 3.39. The van der Waals surface area contributed by atoms with Crippen molar-refractivity contribution in [3.8, 4) is 17.2 Å². The van der Waals surface area contributed by atoms with E-state index in [0.717, 1.165) is 23.4 Å². The van der Waals surface area contributed by atoms with Crippen LogP contribution < -0.4 is 9.47 Å². The Morgan fingerprint density at radius 3 is 2.44 bits per heavy atom. The molecule has 0 bridgehead atoms. The summed E-state index contributed by atoms with van der Waals surface area (Å²) in [6, 6.07) is 13.7. The lowest BCUT2D eigenvalue weighted by molar-refractivity contribution is 0.0734. The van der Waals surface area contributed by atoms with Crippen LogP contribution >= 0.6 is 0 Å². The van der Waals surface area contributed by atoms with Gasteiger partial charge in [0.2, 0.25) is 0 Å². The summed E-state index contributed by atoms with van der Waals surface area (Å²) < 4.78 is 12.5. The highest BCUT2D eigenvalue weighted by molar-refractivity contribution is 5.94. The van der Waals surface area contributed by atoms with Crippen molar-refractivity contribution in [3.63, 3.8) is 0 Å². The largest absolute Gasteiger partial charge is 0.493 e. The highest BCUT2D eigenvalue weighted by Gasteiger charge is 2.24. The zero-order valence-corrected chi connectivity index (χ0v) is 15.4. The smallest absolute Gasteiger partial charge is 0.257 e. The van der Waals surface area contributed by atoms with Gasteiger partial charge in [0.25, 0.3) is 5.91 Å². The van der Waals surface area contributed by atoms with Crippen molar-refractivity contribution >= 4 is 5.91 Å². The van der Waals surface area contributed by atoms with Crippen molar-refractivity contribution in [1.82, 2.24) is 14.7 Å². The molecule has 2 aromatic carbocycles. The maximum absolute atomic E-state index is 12.9. The van der Waals surface area contributed by atoms with Gasteiger partial charge in [0.05, 0.1) is 31.7 Å². The Bertz CT molecular complexity index is 966. The van der Waals surface area contributed by atoms with E-state index in [9.17, 15) is 4.79 Å². The van der Waals surface area contributed by atoms with Crippen LogP contribution in [-0.2, 0) is 13.0 Å². The van der Waals surface area contributed by atoms with Crippen molar-refractivity contribution in [3.05, 3.63) is 71.5 Å². The van der Waals surface area contributed by atoms with Crippen molar-refractivity contribution < 1.29 is 14.3 Å². The van der Waals surface area contributed by atoms with E-state index < -0.39 is 0 Å². The Labute approximate surface area is 157 Å². The molecule has 4 rings (SSSR count). The Morgan fingerprint density at radius 2 is 1.74 bits per heavy atom. The predicted molar refractivity (Wildman–Crippen MR) is 102 cm³/mol. The lowest BCUT2D eigenvalue weighted by Crippen LogP contribution is -2.35. The zero-order chi connectivity index (χ0) is 18.8. The van der Waals surface area contributed by atoms with Gasteiger partial charge in [0.1, 0.15) is 0 Å². The fraction of sp³-hybridized carbons (Fsp3) is 0.238. The average Bonchev–Trinajstić information content (AvgIpc) is 3.22. The molecule has 6 heteroatoms. The summed E-state index contributed by atoms with van der Waals surface area (Å²) in [4.78, 5) is 14.8. The number of fused-ring (bicyclic) bond motifs is 1. The van der Waals surface area contributed by atoms with E-state index in [1.807, 2.05) is 47.4 Å². The number of rotatable bonds is 4. The molecular formula is C21H21N3O3. The summed E-state index contributed by atoms with van der Waals surface area (Å²) in [5.74, 6) is 1.39. The van der Waals surface area contributed by atoms with Crippen LogP contribution in [0.4, 0.5) is 0 Å². The molecule has 0 spiro atoms. The number of hydrogen-bond donors (Lipinski definition) is 0. The number of hydrogen-bond acceptors (Lipinski definition) is 4. The van der Waals surface area contributed by atoms with Gasteiger partial charge in [0.15, 0.2) is 11.5 Å². The molecule has 0 unspecified atom stereocenters. The molecule has 0 fully saturated rings. The van der Waals surface area contributed by atoms with Crippen LogP contribution in [0.1, 0.15) is 21.5 Å². The quantitative estimate of drug-likeness (QED) is 0.715. The van der Waals surface area contributed by atoms with Gasteiger partial charge in [-0.3, -0.25) is 4.79 Å². The number of aromatic nitrogens is 2. The van der Waals surface area contributed by atoms with E-state index in [1.165, 1.54) is 5.56 Å². The predicted octanol–water partition coefficient (Wildman–Crippen LogP) is 3.09. The van der Waals surface area contributed by atoms with Crippen LogP contribution in [0.3, 0.4) is 0 Å². The second-order valence-corrected chi connectivity index (χ2v) is 6.46. The van der Waals surface area contributed by atoms with Gasteiger partial charge in [0, 0.05) is 19.3 Å². The number of benzene rings is 2. The van der Waals surface area contributed by atoms with Crippen molar-refractivity contribution in [2.45, 2.75) is 13.0 Å². The molecule has 1 aliphatic rings. The van der Waals surface area contributed by atoms with Crippen LogP contribution in [0.25, 0.3) is 5.69 Å². The first-order valence-electron chi connectivity index (χ1n) is 8.82. The Hall–Kier alpha value is -3.28. The molecule has 138 valence electrons. The maximum atomic E-state index is 12.9. The minimum atomic E-state index is -0.0161. The molecule has 1 aromatic heterocycles. The number of methoxy groups -OCH3 is 2. The summed E-state index contributed by atoms with van der Waals surface area (Å²) in [6.07, 6.45) is 4.19. The first-order chi connectivity index (χ1) is 13.2. The number of carbonyl (C=O) groups is 1. The number of carbonyl (C=O) groups excluding carboxylic acids is 1. The third-order valence-electron chi connectivity index (χ3n) is 4.86. The highest BCUT2D eigenvalue weighted by atomic mass is 16.5. The fourth-order valence-electron chi connectivity index (χ4n) is 3.39. The first-order valence-corrected chi connectivity index (χ1v) is 8.82. The molecule has 3 aromatic rings. The Morgan fingerprint density at radius 1 is 1.04 bits per heavy atom. The molecule has 1 amide bonds. The van der Waals surface area contributed by atoms with Crippen LogP contribution in [0.15, 0.2) is 54.9 Å². The molecule has 0 aliphatic carbocycles. The topological polar surface area (TPSA) is 56.6 Å². The highest BCUT2D eigenvalue weighted by Crippen LogP contribution is 2.33. The summed E-state index contributed by atoms with van der Waals surface area (Å²) >= 11 is 0. The molecule has 1 aliphatic heterocycles. The minimum Gasteiger partial charge on any atom is -0.493 e. The van der Waals surface area contributed by atoms with Gasteiger partial charge in [-0.15, -0.1) is 0 Å². The average molecular weight is 363 g/mol. The lowest BCUT2D eigenvalue weighted by Gasteiger charge is -2.29. The van der Waals surface area contributed by atoms with Crippen LogP contribution in [-0.4, -0.2) is 41.4 Å². The van der Waals surface area contributed by atoms with Crippen molar-refractivity contribution in [2.75, 3.05) is 20.8 Å². The molecule has 6 nitrogen and oxygen atoms in total. The van der Waals surface area contributed by atoms with Crippen LogP contribution in [0.2, 0.25) is 0 Å². The molecule has 0 atom stereocenters. The van der Waals surface area contributed by atoms with Gasteiger partial charge in [-0.2, -0.15) is 5.10 Å². The SMILES string of the molecule is COc1cc2c(cc1OC)CN(C(=O)c1cnn(-c3ccccc3)c1)CC2. The maximum Gasteiger partial charge on any atom is 0.257 e. The minimum absolute atomic E-state index is 0.0161. The van der Waals surface area contributed by atoms with E-state index >= 15 is 0 Å². The third-order valence-corrected chi connectivity index (χ3v) is 4.86. The van der Waals surface area contributed by atoms with Crippen molar-refractivity contribution in [1.29, 1.82) is 0 Å². The first kappa shape index (κ1) is 17.1. The van der Waals surface area contributed by atoms with Crippen LogP contribution in [0, 0.1) is 0 Å². The third kappa shape index (κ3) is 3.26. The summed E-state index contributed by atoms with van der Waals surface area (Å²) in [6.45, 7) is 1.21.